The van der Waals surface area contributed by atoms with Crippen LogP contribution in [0.25, 0.3) is 17.5 Å². The highest BCUT2D eigenvalue weighted by Gasteiger charge is 2.29. The number of hydrogen-bond acceptors (Lipinski definition) is 6. The van der Waals surface area contributed by atoms with Gasteiger partial charge in [-0.1, -0.05) is 61.3 Å². The van der Waals surface area contributed by atoms with Crippen LogP contribution in [-0.2, 0) is 22.4 Å². The Morgan fingerprint density at radius 1 is 1.09 bits per heavy atom. The number of aromatic nitrogens is 3. The molecule has 32 heavy (non-hydrogen) atoms. The maximum absolute atomic E-state index is 11.7. The fraction of sp³-hybridized carbons (Fsp3) is 0.250. The van der Waals surface area contributed by atoms with E-state index in [2.05, 4.69) is 10.3 Å². The molecule has 0 bridgehead atoms. The van der Waals surface area contributed by atoms with Crippen LogP contribution in [0, 0.1) is 0 Å². The molecule has 0 saturated carbocycles. The van der Waals surface area contributed by atoms with E-state index in [-0.39, 0.29) is 12.0 Å². The maximum Gasteiger partial charge on any atom is 0.307 e. The van der Waals surface area contributed by atoms with E-state index in [9.17, 15) is 4.79 Å². The lowest BCUT2D eigenvalue weighted by molar-refractivity contribution is -0.137. The molecule has 0 amide bonds. The van der Waals surface area contributed by atoms with Crippen molar-refractivity contribution >= 4 is 41.1 Å². The minimum atomic E-state index is -0.370. The fourth-order valence-electron chi connectivity index (χ4n) is 3.73. The highest BCUT2D eigenvalue weighted by molar-refractivity contribution is 6.36. The molecule has 1 aliphatic rings. The summed E-state index contributed by atoms with van der Waals surface area (Å²) in [5.74, 6) is 0.802. The molecule has 2 heterocycles. The number of nitrogens with one attached hydrogen (secondary N) is 1. The summed E-state index contributed by atoms with van der Waals surface area (Å²) in [4.78, 5) is 25.8. The van der Waals surface area contributed by atoms with Gasteiger partial charge in [0.25, 0.3) is 0 Å². The third-order valence-corrected chi connectivity index (χ3v) is 5.67. The summed E-state index contributed by atoms with van der Waals surface area (Å²) in [6.45, 7) is 5.40. The minimum Gasteiger partial charge on any atom is -0.429 e. The molecule has 164 valence electrons. The van der Waals surface area contributed by atoms with Crippen molar-refractivity contribution in [2.24, 2.45) is 0 Å². The molecule has 0 radical (unpaired) electrons. The first-order chi connectivity index (χ1) is 15.4. The third-order valence-electron chi connectivity index (χ3n) is 5.17. The van der Waals surface area contributed by atoms with Gasteiger partial charge >= 0.3 is 5.97 Å². The molecule has 1 aromatic carbocycles. The van der Waals surface area contributed by atoms with Crippen LogP contribution in [-0.4, -0.2) is 20.9 Å². The molecular weight excluding hydrogens is 447 g/mol. The van der Waals surface area contributed by atoms with Crippen LogP contribution in [0.15, 0.2) is 42.3 Å². The van der Waals surface area contributed by atoms with Crippen LogP contribution in [0.5, 0.6) is 0 Å². The van der Waals surface area contributed by atoms with Crippen LogP contribution >= 0.6 is 23.2 Å². The summed E-state index contributed by atoms with van der Waals surface area (Å²) in [6, 6.07) is 9.21. The van der Waals surface area contributed by atoms with E-state index in [4.69, 9.17) is 37.9 Å². The van der Waals surface area contributed by atoms with Gasteiger partial charge in [0, 0.05) is 13.1 Å². The van der Waals surface area contributed by atoms with E-state index in [1.54, 1.807) is 12.3 Å². The SMILES string of the molecule is CCc1nc(-c2ncc(Cl)cc2Cl)c(CC)nc1NC1C(OC(C)=O)=Cc2ccccc21. The third kappa shape index (κ3) is 4.33. The normalized spacial score (nSPS) is 14.7. The Hall–Kier alpha value is -2.96. The van der Waals surface area contributed by atoms with Gasteiger partial charge in [0.15, 0.2) is 0 Å². The first-order valence-corrected chi connectivity index (χ1v) is 11.1. The number of carbonyl (C=O) groups is 1. The van der Waals surface area contributed by atoms with Gasteiger partial charge in [0.1, 0.15) is 29.0 Å². The smallest absolute Gasteiger partial charge is 0.307 e. The van der Waals surface area contributed by atoms with Gasteiger partial charge in [0.05, 0.1) is 21.4 Å². The average Bonchev–Trinajstić information content (AvgIpc) is 3.10. The Morgan fingerprint density at radius 3 is 2.53 bits per heavy atom. The van der Waals surface area contributed by atoms with Crippen molar-refractivity contribution in [3.63, 3.8) is 0 Å². The molecule has 3 aromatic rings. The summed E-state index contributed by atoms with van der Waals surface area (Å²) in [5, 5.41) is 4.34. The lowest BCUT2D eigenvalue weighted by Gasteiger charge is -2.21. The lowest BCUT2D eigenvalue weighted by atomic mass is 10.1. The fourth-order valence-corrected chi connectivity index (χ4v) is 4.20. The number of pyridine rings is 1. The number of anilines is 1. The van der Waals surface area contributed by atoms with Crippen LogP contribution < -0.4 is 5.32 Å². The van der Waals surface area contributed by atoms with E-state index >= 15 is 0 Å². The quantitative estimate of drug-likeness (QED) is 0.444. The number of fused-ring (bicyclic) bond motifs is 1. The molecule has 0 spiro atoms. The summed E-state index contributed by atoms with van der Waals surface area (Å²) in [5.41, 5.74) is 4.71. The molecule has 0 fully saturated rings. The second-order valence-corrected chi connectivity index (χ2v) is 8.20. The summed E-state index contributed by atoms with van der Waals surface area (Å²) >= 11 is 12.4. The van der Waals surface area contributed by atoms with Crippen molar-refractivity contribution in [2.45, 2.75) is 39.7 Å². The Morgan fingerprint density at radius 2 is 1.84 bits per heavy atom. The number of rotatable bonds is 6. The standard InChI is InChI=1S/C24H22Cl2N4O2/c1-4-18-23(22-17(26)11-15(25)12-27-22)28-19(5-2)24(29-18)30-21-16-9-7-6-8-14(16)10-20(21)32-13(3)31/h6-12,21H,4-5H2,1-3H3,(H,29,30). The zero-order chi connectivity index (χ0) is 22.8. The summed E-state index contributed by atoms with van der Waals surface area (Å²) in [6.07, 6.45) is 4.70. The van der Waals surface area contributed by atoms with Gasteiger partial charge in [-0.3, -0.25) is 9.78 Å². The van der Waals surface area contributed by atoms with Crippen molar-refractivity contribution in [2.75, 3.05) is 5.32 Å². The van der Waals surface area contributed by atoms with Gasteiger partial charge in [-0.25, -0.2) is 9.97 Å². The van der Waals surface area contributed by atoms with Gasteiger partial charge < -0.3 is 10.1 Å². The number of aryl methyl sites for hydroxylation is 2. The Bertz CT molecular complexity index is 1230. The van der Waals surface area contributed by atoms with Gasteiger partial charge in [-0.05, 0) is 36.1 Å². The lowest BCUT2D eigenvalue weighted by Crippen LogP contribution is -2.18. The molecule has 4 rings (SSSR count). The van der Waals surface area contributed by atoms with E-state index in [0.29, 0.717) is 45.9 Å². The van der Waals surface area contributed by atoms with Crippen molar-refractivity contribution < 1.29 is 9.53 Å². The molecular formula is C24H22Cl2N4O2. The highest BCUT2D eigenvalue weighted by atomic mass is 35.5. The largest absolute Gasteiger partial charge is 0.429 e. The van der Waals surface area contributed by atoms with Crippen LogP contribution in [0.4, 0.5) is 5.82 Å². The van der Waals surface area contributed by atoms with E-state index < -0.39 is 0 Å². The number of esters is 1. The zero-order valence-electron chi connectivity index (χ0n) is 17.9. The first kappa shape index (κ1) is 22.2. The molecule has 1 aliphatic carbocycles. The molecule has 0 saturated heterocycles. The highest BCUT2D eigenvalue weighted by Crippen LogP contribution is 2.38. The predicted octanol–water partition coefficient (Wildman–Crippen LogP) is 6.04. The Labute approximate surface area is 196 Å². The second kappa shape index (κ2) is 9.27. The predicted molar refractivity (Wildman–Crippen MR) is 127 cm³/mol. The number of benzene rings is 1. The summed E-state index contributed by atoms with van der Waals surface area (Å²) in [7, 11) is 0. The molecule has 6 nitrogen and oxygen atoms in total. The molecule has 1 atom stereocenters. The van der Waals surface area contributed by atoms with Gasteiger partial charge in [-0.2, -0.15) is 0 Å². The Kier molecular flexibility index (Phi) is 6.44. The molecule has 0 aliphatic heterocycles. The maximum atomic E-state index is 11.7. The first-order valence-electron chi connectivity index (χ1n) is 10.4. The topological polar surface area (TPSA) is 77.0 Å². The summed E-state index contributed by atoms with van der Waals surface area (Å²) < 4.78 is 5.50. The number of halogens is 2. The molecule has 2 aromatic heterocycles. The van der Waals surface area contributed by atoms with Gasteiger partial charge in [0.2, 0.25) is 0 Å². The average molecular weight is 469 g/mol. The molecule has 1 unspecified atom stereocenters. The van der Waals surface area contributed by atoms with Crippen molar-refractivity contribution in [1.82, 2.24) is 15.0 Å². The number of hydrogen-bond donors (Lipinski definition) is 1. The zero-order valence-corrected chi connectivity index (χ0v) is 19.5. The van der Waals surface area contributed by atoms with E-state index in [1.165, 1.54) is 6.92 Å². The number of carbonyl (C=O) groups excluding carboxylic acids is 1. The van der Waals surface area contributed by atoms with E-state index in [1.807, 2.05) is 44.2 Å². The van der Waals surface area contributed by atoms with Crippen LogP contribution in [0.3, 0.4) is 0 Å². The monoisotopic (exact) mass is 468 g/mol. The Balaban J connectivity index is 1.77. The van der Waals surface area contributed by atoms with Gasteiger partial charge in [-0.15, -0.1) is 0 Å². The number of ether oxygens (including phenoxy) is 1. The van der Waals surface area contributed by atoms with E-state index in [0.717, 1.165) is 22.5 Å². The molecule has 8 heteroatoms. The molecule has 1 N–H and O–H groups in total. The van der Waals surface area contributed by atoms with Crippen molar-refractivity contribution in [1.29, 1.82) is 0 Å². The number of nitrogens with zero attached hydrogens (tertiary/aromatic N) is 3. The van der Waals surface area contributed by atoms with Crippen molar-refractivity contribution in [3.8, 4) is 11.4 Å². The van der Waals surface area contributed by atoms with Crippen molar-refractivity contribution in [3.05, 3.63) is 74.8 Å². The van der Waals surface area contributed by atoms with Crippen LogP contribution in [0.1, 0.15) is 49.3 Å². The second-order valence-electron chi connectivity index (χ2n) is 7.35. The van der Waals surface area contributed by atoms with Crippen LogP contribution in [0.2, 0.25) is 10.0 Å². The minimum absolute atomic E-state index is 0.345.